The molecule has 0 bridgehead atoms. The van der Waals surface area contributed by atoms with Gasteiger partial charge in [0, 0.05) is 5.56 Å². The molecule has 1 aliphatic heterocycles. The molecule has 0 unspecified atom stereocenters. The first-order chi connectivity index (χ1) is 9.78. The van der Waals surface area contributed by atoms with E-state index in [1.54, 1.807) is 23.4 Å². The highest BCUT2D eigenvalue weighted by Crippen LogP contribution is 2.25. The minimum Gasteiger partial charge on any atom is -0.298 e. The molecule has 0 aromatic heterocycles. The van der Waals surface area contributed by atoms with Gasteiger partial charge < -0.3 is 0 Å². The molecule has 3 rings (SSSR count). The summed E-state index contributed by atoms with van der Waals surface area (Å²) in [7, 11) is 0. The van der Waals surface area contributed by atoms with Crippen LogP contribution in [-0.2, 0) is 4.79 Å². The lowest BCUT2D eigenvalue weighted by Gasteiger charge is -2.13. The Hall–Kier alpha value is -2.75. The average molecular weight is 264 g/mol. The van der Waals surface area contributed by atoms with Crippen LogP contribution in [0, 0.1) is 0 Å². The third-order valence-electron chi connectivity index (χ3n) is 3.20. The second kappa shape index (κ2) is 5.09. The van der Waals surface area contributed by atoms with Gasteiger partial charge in [-0.05, 0) is 23.3 Å². The average Bonchev–Trinajstić information content (AvgIpc) is 2.94. The Morgan fingerprint density at radius 3 is 2.50 bits per heavy atom. The SMILES string of the molecule is O=Cc1ccc(-c2cccc(N3C=NCC3=O)c2)cc1. The van der Waals surface area contributed by atoms with E-state index in [-0.39, 0.29) is 12.5 Å². The normalized spacial score (nSPS) is 13.8. The third kappa shape index (κ3) is 2.23. The number of aldehydes is 1. The number of nitrogens with zero attached hydrogens (tertiary/aromatic N) is 2. The zero-order chi connectivity index (χ0) is 13.9. The molecule has 0 atom stereocenters. The Labute approximate surface area is 116 Å². The minimum atomic E-state index is -0.0292. The second-order valence-electron chi connectivity index (χ2n) is 4.51. The van der Waals surface area contributed by atoms with E-state index < -0.39 is 0 Å². The first kappa shape index (κ1) is 12.3. The van der Waals surface area contributed by atoms with Crippen molar-refractivity contribution in [2.24, 2.45) is 4.99 Å². The monoisotopic (exact) mass is 264 g/mol. The Kier molecular flexibility index (Phi) is 3.13. The molecule has 1 amide bonds. The number of hydrogen-bond acceptors (Lipinski definition) is 3. The lowest BCUT2D eigenvalue weighted by molar-refractivity contribution is -0.115. The van der Waals surface area contributed by atoms with E-state index in [9.17, 15) is 9.59 Å². The Morgan fingerprint density at radius 1 is 1.05 bits per heavy atom. The molecule has 0 aliphatic carbocycles. The molecule has 0 radical (unpaired) electrons. The molecule has 2 aromatic carbocycles. The van der Waals surface area contributed by atoms with E-state index in [0.717, 1.165) is 23.1 Å². The Bertz CT molecular complexity index is 690. The van der Waals surface area contributed by atoms with Gasteiger partial charge in [-0.3, -0.25) is 19.5 Å². The van der Waals surface area contributed by atoms with Crippen molar-refractivity contribution >= 4 is 24.2 Å². The van der Waals surface area contributed by atoms with Crippen LogP contribution in [0.4, 0.5) is 5.69 Å². The summed E-state index contributed by atoms with van der Waals surface area (Å²) in [5.74, 6) is -0.0292. The molecular formula is C16H12N2O2. The largest absolute Gasteiger partial charge is 0.298 e. The fraction of sp³-hybridized carbons (Fsp3) is 0.0625. The molecule has 1 aliphatic rings. The van der Waals surface area contributed by atoms with Crippen molar-refractivity contribution in [3.63, 3.8) is 0 Å². The fourth-order valence-electron chi connectivity index (χ4n) is 2.14. The maximum atomic E-state index is 11.7. The number of amides is 1. The van der Waals surface area contributed by atoms with Crippen molar-refractivity contribution in [2.75, 3.05) is 11.4 Å². The van der Waals surface area contributed by atoms with Gasteiger partial charge in [0.1, 0.15) is 12.8 Å². The Morgan fingerprint density at radius 2 is 1.85 bits per heavy atom. The number of carbonyl (C=O) groups excluding carboxylic acids is 2. The molecule has 2 aromatic rings. The van der Waals surface area contributed by atoms with E-state index in [4.69, 9.17) is 0 Å². The summed E-state index contributed by atoms with van der Waals surface area (Å²) < 4.78 is 0. The third-order valence-corrected chi connectivity index (χ3v) is 3.20. The van der Waals surface area contributed by atoms with Gasteiger partial charge in [0.05, 0.1) is 12.0 Å². The topological polar surface area (TPSA) is 49.7 Å². The van der Waals surface area contributed by atoms with Gasteiger partial charge in [-0.25, -0.2) is 0 Å². The van der Waals surface area contributed by atoms with Gasteiger partial charge in [0.15, 0.2) is 0 Å². The van der Waals surface area contributed by atoms with E-state index in [2.05, 4.69) is 4.99 Å². The molecule has 0 N–H and O–H groups in total. The molecule has 0 spiro atoms. The van der Waals surface area contributed by atoms with Crippen molar-refractivity contribution < 1.29 is 9.59 Å². The zero-order valence-corrected chi connectivity index (χ0v) is 10.7. The summed E-state index contributed by atoms with van der Waals surface area (Å²) in [6.07, 6.45) is 2.37. The van der Waals surface area contributed by atoms with E-state index in [1.807, 2.05) is 36.4 Å². The molecule has 0 saturated carbocycles. The van der Waals surface area contributed by atoms with Crippen LogP contribution in [0.5, 0.6) is 0 Å². The van der Waals surface area contributed by atoms with Gasteiger partial charge in [0.25, 0.3) is 5.91 Å². The number of carbonyl (C=O) groups is 2. The van der Waals surface area contributed by atoms with Crippen LogP contribution in [0.3, 0.4) is 0 Å². The van der Waals surface area contributed by atoms with Gasteiger partial charge in [-0.15, -0.1) is 0 Å². The lowest BCUT2D eigenvalue weighted by Crippen LogP contribution is -2.25. The summed E-state index contributed by atoms with van der Waals surface area (Å²) in [5, 5.41) is 0. The van der Waals surface area contributed by atoms with E-state index >= 15 is 0 Å². The highest BCUT2D eigenvalue weighted by molar-refractivity contribution is 6.13. The highest BCUT2D eigenvalue weighted by atomic mass is 16.2. The van der Waals surface area contributed by atoms with Crippen LogP contribution < -0.4 is 4.90 Å². The molecule has 0 saturated heterocycles. The zero-order valence-electron chi connectivity index (χ0n) is 10.7. The van der Waals surface area contributed by atoms with Crippen molar-refractivity contribution in [3.05, 3.63) is 54.1 Å². The van der Waals surface area contributed by atoms with E-state index in [1.165, 1.54) is 0 Å². The smallest absolute Gasteiger partial charge is 0.253 e. The second-order valence-corrected chi connectivity index (χ2v) is 4.51. The summed E-state index contributed by atoms with van der Waals surface area (Å²) in [5.41, 5.74) is 3.44. The molecule has 4 heteroatoms. The van der Waals surface area contributed by atoms with Gasteiger partial charge >= 0.3 is 0 Å². The summed E-state index contributed by atoms with van der Waals surface area (Å²) in [6, 6.07) is 15.0. The quantitative estimate of drug-likeness (QED) is 0.800. The van der Waals surface area contributed by atoms with E-state index in [0.29, 0.717) is 5.56 Å². The maximum Gasteiger partial charge on any atom is 0.253 e. The lowest BCUT2D eigenvalue weighted by atomic mass is 10.0. The molecule has 0 fully saturated rings. The first-order valence-electron chi connectivity index (χ1n) is 6.25. The molecule has 20 heavy (non-hydrogen) atoms. The van der Waals surface area contributed by atoms with Gasteiger partial charge in [-0.2, -0.15) is 0 Å². The van der Waals surface area contributed by atoms with Crippen LogP contribution >= 0.6 is 0 Å². The first-order valence-corrected chi connectivity index (χ1v) is 6.25. The molecule has 98 valence electrons. The van der Waals surface area contributed by atoms with Crippen LogP contribution in [-0.4, -0.2) is 25.1 Å². The highest BCUT2D eigenvalue weighted by Gasteiger charge is 2.18. The van der Waals surface area contributed by atoms with Crippen LogP contribution in [0.2, 0.25) is 0 Å². The van der Waals surface area contributed by atoms with Crippen molar-refractivity contribution in [3.8, 4) is 11.1 Å². The summed E-state index contributed by atoms with van der Waals surface area (Å²) >= 11 is 0. The van der Waals surface area contributed by atoms with Gasteiger partial charge in [-0.1, -0.05) is 36.4 Å². The van der Waals surface area contributed by atoms with Crippen molar-refractivity contribution in [1.29, 1.82) is 0 Å². The maximum absolute atomic E-state index is 11.7. The van der Waals surface area contributed by atoms with Crippen molar-refractivity contribution in [1.82, 2.24) is 0 Å². The fourth-order valence-corrected chi connectivity index (χ4v) is 2.14. The predicted octanol–water partition coefficient (Wildman–Crippen LogP) is 2.54. The molecule has 4 nitrogen and oxygen atoms in total. The summed E-state index contributed by atoms with van der Waals surface area (Å²) in [4.78, 5) is 27.8. The number of anilines is 1. The minimum absolute atomic E-state index is 0.0292. The molecule has 1 heterocycles. The number of aliphatic imine (C=N–C) groups is 1. The summed E-state index contributed by atoms with van der Waals surface area (Å²) in [6.45, 7) is 0.207. The number of rotatable bonds is 3. The number of benzene rings is 2. The van der Waals surface area contributed by atoms with Gasteiger partial charge in [0.2, 0.25) is 0 Å². The molecular weight excluding hydrogens is 252 g/mol. The predicted molar refractivity (Wildman–Crippen MR) is 78.1 cm³/mol. The van der Waals surface area contributed by atoms with Crippen LogP contribution in [0.1, 0.15) is 10.4 Å². The standard InChI is InChI=1S/C16H12N2O2/c19-10-12-4-6-13(7-5-12)14-2-1-3-15(8-14)18-11-17-9-16(18)20/h1-8,10-11H,9H2. The van der Waals surface area contributed by atoms with Crippen LogP contribution in [0.25, 0.3) is 11.1 Å². The van der Waals surface area contributed by atoms with Crippen LogP contribution in [0.15, 0.2) is 53.5 Å². The number of hydrogen-bond donors (Lipinski definition) is 0. The van der Waals surface area contributed by atoms with Crippen molar-refractivity contribution in [2.45, 2.75) is 0 Å². The Balaban J connectivity index is 1.96.